The summed E-state index contributed by atoms with van der Waals surface area (Å²) < 4.78 is 0. The predicted molar refractivity (Wildman–Crippen MR) is 144 cm³/mol. The third kappa shape index (κ3) is 7.90. The molecule has 1 aliphatic rings. The zero-order valence-electron chi connectivity index (χ0n) is 22.0. The van der Waals surface area contributed by atoms with E-state index >= 15 is 0 Å². The predicted octanol–water partition coefficient (Wildman–Crippen LogP) is 5.46. The number of carboxylic acid groups (broad SMARTS) is 1. The minimum absolute atomic E-state index is 0.00683. The number of aliphatic hydroxyl groups is 1. The molecule has 6 heteroatoms. The third-order valence-electron chi connectivity index (χ3n) is 7.33. The van der Waals surface area contributed by atoms with Crippen LogP contribution in [0.4, 0.5) is 0 Å². The fourth-order valence-electron chi connectivity index (χ4n) is 5.32. The van der Waals surface area contributed by atoms with Gasteiger partial charge in [-0.25, -0.2) is 4.79 Å². The van der Waals surface area contributed by atoms with Crippen molar-refractivity contribution >= 4 is 11.9 Å². The summed E-state index contributed by atoms with van der Waals surface area (Å²) in [5.74, 6) is -0.849. The van der Waals surface area contributed by atoms with Crippen molar-refractivity contribution < 1.29 is 19.8 Å². The van der Waals surface area contributed by atoms with Gasteiger partial charge in [0.05, 0.1) is 0 Å². The molecule has 3 rings (SSSR count). The molecule has 0 saturated heterocycles. The lowest BCUT2D eigenvalue weighted by Gasteiger charge is -2.31. The van der Waals surface area contributed by atoms with Crippen LogP contribution in [0.5, 0.6) is 0 Å². The molecule has 0 bridgehead atoms. The molecule has 0 radical (unpaired) electrons. The van der Waals surface area contributed by atoms with Gasteiger partial charge in [-0.3, -0.25) is 4.79 Å². The number of aliphatic carboxylic acids is 1. The Hall–Kier alpha value is -2.70. The maximum absolute atomic E-state index is 13.1. The number of carbonyl (C=O) groups is 2. The van der Waals surface area contributed by atoms with E-state index in [2.05, 4.69) is 24.5 Å². The summed E-state index contributed by atoms with van der Waals surface area (Å²) >= 11 is 0. The van der Waals surface area contributed by atoms with Crippen molar-refractivity contribution in [2.75, 3.05) is 6.61 Å². The molecule has 36 heavy (non-hydrogen) atoms. The fraction of sp³-hybridized carbons (Fsp3) is 0.533. The van der Waals surface area contributed by atoms with E-state index in [9.17, 15) is 19.8 Å². The number of benzene rings is 2. The Morgan fingerprint density at radius 1 is 1.03 bits per heavy atom. The molecule has 1 unspecified atom stereocenters. The van der Waals surface area contributed by atoms with Crippen LogP contribution in [0, 0.1) is 12.8 Å². The van der Waals surface area contributed by atoms with Gasteiger partial charge in [-0.1, -0.05) is 68.9 Å². The van der Waals surface area contributed by atoms with E-state index in [4.69, 9.17) is 0 Å². The molecular formula is C30H42N2O4. The van der Waals surface area contributed by atoms with Gasteiger partial charge in [0.2, 0.25) is 0 Å². The first kappa shape index (κ1) is 27.9. The SMILES string of the molecule is Cc1ccccc1-c1cc(CNC(C)(C)CC2CCCCCC2)ccc1C(=O)NC(CCO)C(=O)O. The van der Waals surface area contributed by atoms with Crippen LogP contribution in [0.1, 0.15) is 86.7 Å². The standard InChI is InChI=1S/C30H42N2O4/c1-21-10-8-9-13-24(21)26-18-23(14-15-25(26)28(34)32-27(16-17-33)29(35)36)20-31-30(2,3)19-22-11-6-4-5-7-12-22/h8-10,13-15,18,22,27,31,33H,4-7,11-12,16-17,19-20H2,1-3H3,(H,32,34)(H,35,36). The van der Waals surface area contributed by atoms with E-state index in [1.165, 1.54) is 38.5 Å². The number of nitrogens with one attached hydrogen (secondary N) is 2. The van der Waals surface area contributed by atoms with Gasteiger partial charge in [-0.2, -0.15) is 0 Å². The molecule has 2 aromatic rings. The van der Waals surface area contributed by atoms with Gasteiger partial charge >= 0.3 is 5.97 Å². The highest BCUT2D eigenvalue weighted by atomic mass is 16.4. The van der Waals surface area contributed by atoms with Crippen molar-refractivity contribution in [3.8, 4) is 11.1 Å². The van der Waals surface area contributed by atoms with Crippen LogP contribution in [0.2, 0.25) is 0 Å². The summed E-state index contributed by atoms with van der Waals surface area (Å²) in [6.45, 7) is 6.92. The lowest BCUT2D eigenvalue weighted by atomic mass is 9.85. The molecular weight excluding hydrogens is 452 g/mol. The van der Waals surface area contributed by atoms with Gasteiger partial charge < -0.3 is 20.8 Å². The van der Waals surface area contributed by atoms with Crippen molar-refractivity contribution in [2.24, 2.45) is 5.92 Å². The molecule has 0 spiro atoms. The molecule has 1 amide bonds. The van der Waals surface area contributed by atoms with Crippen molar-refractivity contribution in [1.82, 2.24) is 10.6 Å². The van der Waals surface area contributed by atoms with E-state index in [1.807, 2.05) is 43.3 Å². The first-order valence-corrected chi connectivity index (χ1v) is 13.3. The zero-order chi connectivity index (χ0) is 26.1. The fourth-order valence-corrected chi connectivity index (χ4v) is 5.32. The average Bonchev–Trinajstić information content (AvgIpc) is 3.10. The molecule has 6 nitrogen and oxygen atoms in total. The monoisotopic (exact) mass is 494 g/mol. The number of carbonyl (C=O) groups excluding carboxylic acids is 1. The van der Waals surface area contributed by atoms with Crippen LogP contribution in [-0.4, -0.2) is 40.3 Å². The quantitative estimate of drug-likeness (QED) is 0.311. The van der Waals surface area contributed by atoms with Crippen molar-refractivity contribution in [3.05, 3.63) is 59.2 Å². The summed E-state index contributed by atoms with van der Waals surface area (Å²) in [7, 11) is 0. The number of hydrogen-bond acceptors (Lipinski definition) is 4. The normalized spacial score (nSPS) is 15.8. The molecule has 1 saturated carbocycles. The Balaban J connectivity index is 1.82. The molecule has 1 aliphatic carbocycles. The smallest absolute Gasteiger partial charge is 0.326 e. The first-order chi connectivity index (χ1) is 17.2. The van der Waals surface area contributed by atoms with Crippen molar-refractivity contribution in [2.45, 2.75) is 90.3 Å². The number of carboxylic acids is 1. The van der Waals surface area contributed by atoms with Crippen LogP contribution in [0.15, 0.2) is 42.5 Å². The van der Waals surface area contributed by atoms with Crippen LogP contribution < -0.4 is 10.6 Å². The second-order valence-corrected chi connectivity index (χ2v) is 10.9. The van der Waals surface area contributed by atoms with E-state index in [0.717, 1.165) is 34.6 Å². The van der Waals surface area contributed by atoms with Crippen molar-refractivity contribution in [1.29, 1.82) is 0 Å². The lowest BCUT2D eigenvalue weighted by molar-refractivity contribution is -0.139. The Bertz CT molecular complexity index is 1030. The van der Waals surface area contributed by atoms with E-state index < -0.39 is 17.9 Å². The minimum atomic E-state index is -1.16. The van der Waals surface area contributed by atoms with Gasteiger partial charge in [0.1, 0.15) is 6.04 Å². The van der Waals surface area contributed by atoms with E-state index in [1.54, 1.807) is 6.07 Å². The Morgan fingerprint density at radius 3 is 2.36 bits per heavy atom. The average molecular weight is 495 g/mol. The highest BCUT2D eigenvalue weighted by molar-refractivity contribution is 6.02. The number of hydrogen-bond donors (Lipinski definition) is 4. The zero-order valence-corrected chi connectivity index (χ0v) is 22.0. The summed E-state index contributed by atoms with van der Waals surface area (Å²) in [5.41, 5.74) is 4.26. The minimum Gasteiger partial charge on any atom is -0.480 e. The number of amides is 1. The number of rotatable bonds is 11. The van der Waals surface area contributed by atoms with E-state index in [-0.39, 0.29) is 18.6 Å². The highest BCUT2D eigenvalue weighted by Gasteiger charge is 2.25. The van der Waals surface area contributed by atoms with Gasteiger partial charge in [0.15, 0.2) is 0 Å². The second-order valence-electron chi connectivity index (χ2n) is 10.9. The van der Waals surface area contributed by atoms with Gasteiger partial charge in [-0.05, 0) is 67.5 Å². The Labute approximate surface area is 215 Å². The van der Waals surface area contributed by atoms with Crippen molar-refractivity contribution in [3.63, 3.8) is 0 Å². The summed E-state index contributed by atoms with van der Waals surface area (Å²) in [6.07, 6.45) is 9.15. The number of aryl methyl sites for hydroxylation is 1. The van der Waals surface area contributed by atoms with Crippen LogP contribution in [-0.2, 0) is 11.3 Å². The maximum Gasteiger partial charge on any atom is 0.326 e. The van der Waals surface area contributed by atoms with Crippen LogP contribution in [0.3, 0.4) is 0 Å². The Kier molecular flexibility index (Phi) is 10.1. The molecule has 0 heterocycles. The molecule has 1 atom stereocenters. The number of aliphatic hydroxyl groups excluding tert-OH is 1. The molecule has 0 aromatic heterocycles. The largest absolute Gasteiger partial charge is 0.480 e. The third-order valence-corrected chi connectivity index (χ3v) is 7.33. The molecule has 2 aromatic carbocycles. The van der Waals surface area contributed by atoms with Gasteiger partial charge in [-0.15, -0.1) is 0 Å². The van der Waals surface area contributed by atoms with Gasteiger partial charge in [0.25, 0.3) is 5.91 Å². The molecule has 1 fully saturated rings. The topological polar surface area (TPSA) is 98.7 Å². The van der Waals surface area contributed by atoms with Crippen LogP contribution in [0.25, 0.3) is 11.1 Å². The summed E-state index contributed by atoms with van der Waals surface area (Å²) in [6, 6.07) is 12.5. The summed E-state index contributed by atoms with van der Waals surface area (Å²) in [4.78, 5) is 24.7. The lowest BCUT2D eigenvalue weighted by Crippen LogP contribution is -2.41. The molecule has 4 N–H and O–H groups in total. The Morgan fingerprint density at radius 2 is 1.72 bits per heavy atom. The summed E-state index contributed by atoms with van der Waals surface area (Å²) in [5, 5.41) is 24.9. The second kappa shape index (κ2) is 13.0. The van der Waals surface area contributed by atoms with Gasteiger partial charge in [0, 0.05) is 30.7 Å². The highest BCUT2D eigenvalue weighted by Crippen LogP contribution is 2.31. The maximum atomic E-state index is 13.1. The molecule has 196 valence electrons. The van der Waals surface area contributed by atoms with E-state index in [0.29, 0.717) is 12.1 Å². The first-order valence-electron chi connectivity index (χ1n) is 13.3. The molecule has 0 aliphatic heterocycles. The van der Waals surface area contributed by atoms with Crippen LogP contribution >= 0.6 is 0 Å².